The van der Waals surface area contributed by atoms with Gasteiger partial charge in [0.15, 0.2) is 5.41 Å². The fraction of sp³-hybridized carbons (Fsp3) is 0.750. The van der Waals surface area contributed by atoms with Crippen LogP contribution in [0.1, 0.15) is 13.3 Å². The third-order valence-electron chi connectivity index (χ3n) is 2.35. The Balaban J connectivity index is 2.72. The normalized spacial score (nSPS) is 31.1. The minimum atomic E-state index is -1.47. The summed E-state index contributed by atoms with van der Waals surface area (Å²) in [4.78, 5) is 22.0. The van der Waals surface area contributed by atoms with Crippen molar-refractivity contribution >= 4 is 11.9 Å². The second kappa shape index (κ2) is 3.33. The Morgan fingerprint density at radius 1 is 1.62 bits per heavy atom. The predicted octanol–water partition coefficient (Wildman–Crippen LogP) is -0.367. The molecule has 5 nitrogen and oxygen atoms in total. The molecule has 0 radical (unpaired) electrons. The first-order valence-electron chi connectivity index (χ1n) is 4.11. The van der Waals surface area contributed by atoms with Crippen molar-refractivity contribution in [3.05, 3.63) is 0 Å². The number of carbonyl (C=O) groups excluding carboxylic acids is 1. The first-order chi connectivity index (χ1) is 6.09. The molecule has 1 fully saturated rings. The number of ether oxygens (including phenoxy) is 1. The maximum absolute atomic E-state index is 11.2. The number of carbonyl (C=O) groups is 2. The van der Waals surface area contributed by atoms with Crippen LogP contribution in [0.15, 0.2) is 0 Å². The van der Waals surface area contributed by atoms with Gasteiger partial charge in [-0.2, -0.15) is 0 Å². The maximum atomic E-state index is 11.2. The minimum absolute atomic E-state index is 0.159. The molecule has 0 aromatic heterocycles. The molecule has 0 aromatic rings. The molecule has 2 N–H and O–H groups in total. The Labute approximate surface area is 75.3 Å². The minimum Gasteiger partial charge on any atom is -0.480 e. The van der Waals surface area contributed by atoms with E-state index in [0.717, 1.165) is 0 Å². The summed E-state index contributed by atoms with van der Waals surface area (Å²) in [6.07, 6.45) is 0.178. The molecule has 0 spiro atoms. The van der Waals surface area contributed by atoms with Crippen molar-refractivity contribution in [2.24, 2.45) is 11.3 Å². The van der Waals surface area contributed by atoms with Gasteiger partial charge in [0.1, 0.15) is 0 Å². The first kappa shape index (κ1) is 9.98. The van der Waals surface area contributed by atoms with Crippen molar-refractivity contribution in [1.29, 1.82) is 0 Å². The Morgan fingerprint density at radius 3 is 2.54 bits per heavy atom. The van der Waals surface area contributed by atoms with Crippen molar-refractivity contribution < 1.29 is 24.5 Å². The predicted molar refractivity (Wildman–Crippen MR) is 41.9 cm³/mol. The van der Waals surface area contributed by atoms with E-state index in [2.05, 4.69) is 4.74 Å². The quantitative estimate of drug-likeness (QED) is 0.464. The Morgan fingerprint density at radius 2 is 2.23 bits per heavy atom. The number of aliphatic hydroxyl groups excluding tert-OH is 1. The second-order valence-corrected chi connectivity index (χ2v) is 3.08. The lowest BCUT2D eigenvalue weighted by Crippen LogP contribution is -2.30. The van der Waals surface area contributed by atoms with E-state index in [9.17, 15) is 9.59 Å². The summed E-state index contributed by atoms with van der Waals surface area (Å²) in [5.41, 5.74) is -1.47. The number of rotatable bonds is 4. The summed E-state index contributed by atoms with van der Waals surface area (Å²) in [5, 5.41) is 17.5. The van der Waals surface area contributed by atoms with Gasteiger partial charge in [-0.1, -0.05) is 0 Å². The summed E-state index contributed by atoms with van der Waals surface area (Å²) in [7, 11) is 0. The number of aliphatic carboxylic acids is 1. The molecule has 2 atom stereocenters. The van der Waals surface area contributed by atoms with Crippen LogP contribution in [0, 0.1) is 11.3 Å². The van der Waals surface area contributed by atoms with Crippen LogP contribution in [0.3, 0.4) is 0 Å². The van der Waals surface area contributed by atoms with E-state index in [4.69, 9.17) is 10.2 Å². The number of hydrogen-bond acceptors (Lipinski definition) is 4. The molecule has 1 aliphatic rings. The van der Waals surface area contributed by atoms with E-state index < -0.39 is 23.3 Å². The van der Waals surface area contributed by atoms with Crippen LogP contribution >= 0.6 is 0 Å². The molecule has 0 aromatic carbocycles. The van der Waals surface area contributed by atoms with E-state index in [1.807, 2.05) is 0 Å². The SMILES string of the molecule is CCOC(=O)[C@]1(C(=O)O)C[C@H]1CO. The Bertz CT molecular complexity index is 237. The van der Waals surface area contributed by atoms with E-state index >= 15 is 0 Å². The zero-order chi connectivity index (χ0) is 10.1. The highest BCUT2D eigenvalue weighted by Crippen LogP contribution is 2.53. The highest BCUT2D eigenvalue weighted by atomic mass is 16.5. The van der Waals surface area contributed by atoms with Crippen LogP contribution < -0.4 is 0 Å². The van der Waals surface area contributed by atoms with Gasteiger partial charge in [0.25, 0.3) is 0 Å². The average Bonchev–Trinajstić information content (AvgIpc) is 2.79. The molecule has 13 heavy (non-hydrogen) atoms. The lowest BCUT2D eigenvalue weighted by molar-refractivity contribution is -0.162. The fourth-order valence-corrected chi connectivity index (χ4v) is 1.41. The van der Waals surface area contributed by atoms with Gasteiger partial charge in [-0.05, 0) is 13.3 Å². The van der Waals surface area contributed by atoms with Gasteiger partial charge in [-0.15, -0.1) is 0 Å². The van der Waals surface area contributed by atoms with Gasteiger partial charge in [-0.25, -0.2) is 0 Å². The zero-order valence-corrected chi connectivity index (χ0v) is 7.32. The molecule has 0 unspecified atom stereocenters. The van der Waals surface area contributed by atoms with Crippen LogP contribution in [0.2, 0.25) is 0 Å². The standard InChI is InChI=1S/C8H12O5/c1-2-13-7(12)8(6(10)11)3-5(8)4-9/h5,9H,2-4H2,1H3,(H,10,11)/t5-,8+/m0/s1. The lowest BCUT2D eigenvalue weighted by Gasteiger charge is -2.09. The smallest absolute Gasteiger partial charge is 0.323 e. The van der Waals surface area contributed by atoms with Crippen molar-refractivity contribution in [2.75, 3.05) is 13.2 Å². The third kappa shape index (κ3) is 1.39. The maximum Gasteiger partial charge on any atom is 0.323 e. The number of hydrogen-bond donors (Lipinski definition) is 2. The molecule has 1 saturated carbocycles. The number of aliphatic hydroxyl groups is 1. The first-order valence-corrected chi connectivity index (χ1v) is 4.11. The van der Waals surface area contributed by atoms with Crippen LogP contribution in [-0.4, -0.2) is 35.4 Å². The van der Waals surface area contributed by atoms with Crippen LogP contribution in [0.25, 0.3) is 0 Å². The van der Waals surface area contributed by atoms with Crippen molar-refractivity contribution in [1.82, 2.24) is 0 Å². The number of carboxylic acids is 1. The Kier molecular flexibility index (Phi) is 2.56. The van der Waals surface area contributed by atoms with Crippen molar-refractivity contribution in [3.8, 4) is 0 Å². The van der Waals surface area contributed by atoms with Crippen molar-refractivity contribution in [3.63, 3.8) is 0 Å². The van der Waals surface area contributed by atoms with E-state index in [1.165, 1.54) is 0 Å². The average molecular weight is 188 g/mol. The van der Waals surface area contributed by atoms with E-state index in [1.54, 1.807) is 6.92 Å². The molecular formula is C8H12O5. The number of esters is 1. The van der Waals surface area contributed by atoms with Gasteiger partial charge < -0.3 is 14.9 Å². The molecule has 0 saturated heterocycles. The molecule has 5 heteroatoms. The molecule has 0 aliphatic heterocycles. The van der Waals surface area contributed by atoms with Gasteiger partial charge in [0.2, 0.25) is 0 Å². The van der Waals surface area contributed by atoms with Gasteiger partial charge in [0, 0.05) is 12.5 Å². The molecule has 0 amide bonds. The summed E-state index contributed by atoms with van der Waals surface area (Å²) in [5.74, 6) is -2.42. The Hall–Kier alpha value is -1.10. The van der Waals surface area contributed by atoms with Crippen LogP contribution in [-0.2, 0) is 14.3 Å². The van der Waals surface area contributed by atoms with E-state index in [0.29, 0.717) is 0 Å². The van der Waals surface area contributed by atoms with Crippen LogP contribution in [0.4, 0.5) is 0 Å². The lowest BCUT2D eigenvalue weighted by atomic mass is 10.1. The van der Waals surface area contributed by atoms with Gasteiger partial charge in [0.05, 0.1) is 6.61 Å². The van der Waals surface area contributed by atoms with Gasteiger partial charge in [-0.3, -0.25) is 9.59 Å². The third-order valence-corrected chi connectivity index (χ3v) is 2.35. The second-order valence-electron chi connectivity index (χ2n) is 3.08. The summed E-state index contributed by atoms with van der Waals surface area (Å²) in [6, 6.07) is 0. The fourth-order valence-electron chi connectivity index (χ4n) is 1.41. The molecule has 1 aliphatic carbocycles. The monoisotopic (exact) mass is 188 g/mol. The molecule has 74 valence electrons. The van der Waals surface area contributed by atoms with Crippen LogP contribution in [0.5, 0.6) is 0 Å². The molecular weight excluding hydrogens is 176 g/mol. The van der Waals surface area contributed by atoms with Crippen molar-refractivity contribution in [2.45, 2.75) is 13.3 Å². The molecule has 0 bridgehead atoms. The highest BCUT2D eigenvalue weighted by molar-refractivity contribution is 6.03. The summed E-state index contributed by atoms with van der Waals surface area (Å²) in [6.45, 7) is 1.49. The largest absolute Gasteiger partial charge is 0.480 e. The highest BCUT2D eigenvalue weighted by Gasteiger charge is 2.67. The van der Waals surface area contributed by atoms with Gasteiger partial charge >= 0.3 is 11.9 Å². The molecule has 0 heterocycles. The zero-order valence-electron chi connectivity index (χ0n) is 7.32. The topological polar surface area (TPSA) is 83.8 Å². The van der Waals surface area contributed by atoms with E-state index in [-0.39, 0.29) is 19.6 Å². The number of carboxylic acid groups (broad SMARTS) is 1. The summed E-state index contributed by atoms with van der Waals surface area (Å²) < 4.78 is 4.63. The summed E-state index contributed by atoms with van der Waals surface area (Å²) >= 11 is 0. The molecule has 1 rings (SSSR count).